The third kappa shape index (κ3) is 4.24. The summed E-state index contributed by atoms with van der Waals surface area (Å²) in [5, 5.41) is 3.71. The molecule has 0 spiro atoms. The highest BCUT2D eigenvalue weighted by Crippen LogP contribution is 2.26. The van der Waals surface area contributed by atoms with E-state index < -0.39 is 0 Å². The molecule has 0 bridgehead atoms. The summed E-state index contributed by atoms with van der Waals surface area (Å²) in [7, 11) is 0. The lowest BCUT2D eigenvalue weighted by molar-refractivity contribution is 0.0664. The zero-order valence-electron chi connectivity index (χ0n) is 13.1. The highest BCUT2D eigenvalue weighted by molar-refractivity contribution is 7.99. The number of benzene rings is 1. The Bertz CT molecular complexity index is 391. The van der Waals surface area contributed by atoms with Crippen LogP contribution in [0.15, 0.2) is 30.3 Å². The lowest BCUT2D eigenvalue weighted by Crippen LogP contribution is -2.59. The van der Waals surface area contributed by atoms with Crippen LogP contribution < -0.4 is 5.32 Å². The average molecular weight is 292 g/mol. The van der Waals surface area contributed by atoms with E-state index in [4.69, 9.17) is 0 Å². The standard InChI is InChI=1S/C17H28N2S/c1-4-20-12-8-11-19-13-16(18-14-17(19,2)3)15-9-6-5-7-10-15/h5-7,9-10,16,18H,4,8,11-14H2,1-3H3. The summed E-state index contributed by atoms with van der Waals surface area (Å²) >= 11 is 2.05. The van der Waals surface area contributed by atoms with Gasteiger partial charge in [-0.05, 0) is 43.9 Å². The molecule has 1 saturated heterocycles. The Labute approximate surface area is 128 Å². The van der Waals surface area contributed by atoms with Gasteiger partial charge in [-0.15, -0.1) is 0 Å². The highest BCUT2D eigenvalue weighted by atomic mass is 32.2. The summed E-state index contributed by atoms with van der Waals surface area (Å²) in [6.45, 7) is 10.3. The molecule has 1 heterocycles. The van der Waals surface area contributed by atoms with Crippen molar-refractivity contribution >= 4 is 11.8 Å². The van der Waals surface area contributed by atoms with Crippen molar-refractivity contribution in [3.8, 4) is 0 Å². The van der Waals surface area contributed by atoms with Crippen molar-refractivity contribution in [3.05, 3.63) is 35.9 Å². The fourth-order valence-electron chi connectivity index (χ4n) is 2.82. The molecule has 20 heavy (non-hydrogen) atoms. The van der Waals surface area contributed by atoms with Gasteiger partial charge in [-0.25, -0.2) is 0 Å². The van der Waals surface area contributed by atoms with E-state index in [2.05, 4.69) is 73.1 Å². The molecule has 0 aliphatic carbocycles. The molecule has 0 amide bonds. The average Bonchev–Trinajstić information content (AvgIpc) is 2.46. The smallest absolute Gasteiger partial charge is 0.0450 e. The molecule has 0 saturated carbocycles. The molecule has 3 heteroatoms. The first-order chi connectivity index (χ1) is 9.63. The second-order valence-electron chi connectivity index (χ2n) is 6.15. The maximum atomic E-state index is 3.71. The second kappa shape index (κ2) is 7.48. The van der Waals surface area contributed by atoms with Gasteiger partial charge in [0.25, 0.3) is 0 Å². The quantitative estimate of drug-likeness (QED) is 0.807. The minimum atomic E-state index is 0.266. The lowest BCUT2D eigenvalue weighted by Gasteiger charge is -2.46. The fourth-order valence-corrected chi connectivity index (χ4v) is 3.44. The molecule has 0 aromatic heterocycles. The summed E-state index contributed by atoms with van der Waals surface area (Å²) in [4.78, 5) is 2.66. The van der Waals surface area contributed by atoms with Crippen LogP contribution in [0.25, 0.3) is 0 Å². The summed E-state index contributed by atoms with van der Waals surface area (Å²) in [6.07, 6.45) is 1.30. The summed E-state index contributed by atoms with van der Waals surface area (Å²) in [5.41, 5.74) is 1.68. The summed E-state index contributed by atoms with van der Waals surface area (Å²) < 4.78 is 0. The SMILES string of the molecule is CCSCCCN1CC(c2ccccc2)NCC1(C)C. The first kappa shape index (κ1) is 15.9. The molecule has 112 valence electrons. The van der Waals surface area contributed by atoms with Crippen molar-refractivity contribution in [3.63, 3.8) is 0 Å². The number of hydrogen-bond donors (Lipinski definition) is 1. The van der Waals surface area contributed by atoms with E-state index in [1.807, 2.05) is 0 Å². The van der Waals surface area contributed by atoms with E-state index in [9.17, 15) is 0 Å². The largest absolute Gasteiger partial charge is 0.307 e. The molecule has 1 fully saturated rings. The van der Waals surface area contributed by atoms with Crippen LogP contribution in [0.5, 0.6) is 0 Å². The molecule has 1 aliphatic heterocycles. The van der Waals surface area contributed by atoms with Crippen molar-refractivity contribution in [1.29, 1.82) is 0 Å². The third-order valence-electron chi connectivity index (χ3n) is 4.16. The molecular weight excluding hydrogens is 264 g/mol. The predicted octanol–water partition coefficient (Wildman–Crippen LogP) is 3.55. The zero-order valence-corrected chi connectivity index (χ0v) is 13.9. The second-order valence-corrected chi connectivity index (χ2v) is 7.55. The number of nitrogens with one attached hydrogen (secondary N) is 1. The Morgan fingerprint density at radius 1 is 1.30 bits per heavy atom. The van der Waals surface area contributed by atoms with Crippen LogP contribution in [0.4, 0.5) is 0 Å². The molecule has 1 N–H and O–H groups in total. The highest BCUT2D eigenvalue weighted by Gasteiger charge is 2.33. The van der Waals surface area contributed by atoms with E-state index in [1.165, 1.54) is 30.0 Å². The van der Waals surface area contributed by atoms with Crippen LogP contribution in [0, 0.1) is 0 Å². The topological polar surface area (TPSA) is 15.3 Å². The van der Waals surface area contributed by atoms with Crippen LogP contribution in [-0.2, 0) is 0 Å². The number of thioether (sulfide) groups is 1. The molecule has 2 rings (SSSR count). The Hall–Kier alpha value is -0.510. The van der Waals surface area contributed by atoms with Gasteiger partial charge >= 0.3 is 0 Å². The van der Waals surface area contributed by atoms with Gasteiger partial charge in [0.05, 0.1) is 0 Å². The summed E-state index contributed by atoms with van der Waals surface area (Å²) in [6, 6.07) is 11.3. The fraction of sp³-hybridized carbons (Fsp3) is 0.647. The van der Waals surface area contributed by atoms with Gasteiger partial charge in [0.1, 0.15) is 0 Å². The number of nitrogens with zero attached hydrogens (tertiary/aromatic N) is 1. The monoisotopic (exact) mass is 292 g/mol. The molecule has 1 atom stereocenters. The van der Waals surface area contributed by atoms with Crippen LogP contribution in [0.2, 0.25) is 0 Å². The van der Waals surface area contributed by atoms with Gasteiger partial charge in [-0.2, -0.15) is 11.8 Å². The van der Waals surface area contributed by atoms with Crippen molar-refractivity contribution in [1.82, 2.24) is 10.2 Å². The van der Waals surface area contributed by atoms with Crippen molar-refractivity contribution < 1.29 is 0 Å². The predicted molar refractivity (Wildman–Crippen MR) is 90.5 cm³/mol. The Morgan fingerprint density at radius 2 is 2.05 bits per heavy atom. The van der Waals surface area contributed by atoms with Gasteiger partial charge < -0.3 is 5.32 Å². The summed E-state index contributed by atoms with van der Waals surface area (Å²) in [5.74, 6) is 2.52. The van der Waals surface area contributed by atoms with E-state index >= 15 is 0 Å². The minimum Gasteiger partial charge on any atom is -0.307 e. The van der Waals surface area contributed by atoms with Gasteiger partial charge in [0.15, 0.2) is 0 Å². The first-order valence-electron chi connectivity index (χ1n) is 7.74. The Kier molecular flexibility index (Phi) is 5.94. The maximum absolute atomic E-state index is 3.71. The van der Waals surface area contributed by atoms with Gasteiger partial charge in [-0.1, -0.05) is 37.3 Å². The van der Waals surface area contributed by atoms with Crippen molar-refractivity contribution in [2.45, 2.75) is 38.8 Å². The molecule has 1 aromatic rings. The van der Waals surface area contributed by atoms with E-state index in [0.717, 1.165) is 13.1 Å². The molecule has 1 unspecified atom stereocenters. The molecular formula is C17H28N2S. The Balaban J connectivity index is 1.93. The first-order valence-corrected chi connectivity index (χ1v) is 8.90. The minimum absolute atomic E-state index is 0.266. The van der Waals surface area contributed by atoms with Crippen LogP contribution >= 0.6 is 11.8 Å². The van der Waals surface area contributed by atoms with Crippen LogP contribution in [0.1, 0.15) is 38.8 Å². The van der Waals surface area contributed by atoms with E-state index in [1.54, 1.807) is 0 Å². The van der Waals surface area contributed by atoms with E-state index in [0.29, 0.717) is 6.04 Å². The molecule has 1 aromatic carbocycles. The third-order valence-corrected chi connectivity index (χ3v) is 5.15. The van der Waals surface area contributed by atoms with Crippen molar-refractivity contribution in [2.24, 2.45) is 0 Å². The molecule has 1 aliphatic rings. The van der Waals surface area contributed by atoms with Gasteiger partial charge in [0, 0.05) is 24.7 Å². The normalized spacial score (nSPS) is 22.9. The van der Waals surface area contributed by atoms with Gasteiger partial charge in [-0.3, -0.25) is 4.90 Å². The maximum Gasteiger partial charge on any atom is 0.0450 e. The lowest BCUT2D eigenvalue weighted by atomic mass is 9.94. The van der Waals surface area contributed by atoms with Crippen molar-refractivity contribution in [2.75, 3.05) is 31.1 Å². The van der Waals surface area contributed by atoms with Crippen LogP contribution in [0.3, 0.4) is 0 Å². The number of hydrogen-bond acceptors (Lipinski definition) is 3. The van der Waals surface area contributed by atoms with E-state index in [-0.39, 0.29) is 5.54 Å². The zero-order chi connectivity index (χ0) is 14.4. The Morgan fingerprint density at radius 3 is 2.75 bits per heavy atom. The molecule has 0 radical (unpaired) electrons. The molecule has 2 nitrogen and oxygen atoms in total. The van der Waals surface area contributed by atoms with Crippen LogP contribution in [-0.4, -0.2) is 41.6 Å². The number of rotatable bonds is 6. The number of piperazine rings is 1. The van der Waals surface area contributed by atoms with Gasteiger partial charge in [0.2, 0.25) is 0 Å².